The largest absolute Gasteiger partial charge is 0.478 e. The van der Waals surface area contributed by atoms with E-state index in [4.69, 9.17) is 5.11 Å². The van der Waals surface area contributed by atoms with E-state index in [-0.39, 0.29) is 16.3 Å². The number of carbonyl (C=O) groups is 1. The predicted molar refractivity (Wildman–Crippen MR) is 77.0 cm³/mol. The zero-order valence-corrected chi connectivity index (χ0v) is 12.5. The lowest BCUT2D eigenvalue weighted by molar-refractivity contribution is 0.0696. The van der Waals surface area contributed by atoms with Crippen molar-refractivity contribution >= 4 is 33.7 Å². The third-order valence-corrected chi connectivity index (χ3v) is 4.42. The van der Waals surface area contributed by atoms with E-state index in [2.05, 4.69) is 15.9 Å². The molecule has 0 saturated heterocycles. The molecule has 0 aromatic heterocycles. The quantitative estimate of drug-likeness (QED) is 0.803. The van der Waals surface area contributed by atoms with Gasteiger partial charge in [0.2, 0.25) is 0 Å². The minimum absolute atomic E-state index is 0.0206. The first kappa shape index (κ1) is 15.0. The number of aromatic carboxylic acids is 1. The van der Waals surface area contributed by atoms with E-state index in [0.717, 1.165) is 22.3 Å². The fourth-order valence-electron chi connectivity index (χ4n) is 1.56. The van der Waals surface area contributed by atoms with Crippen LogP contribution in [0.2, 0.25) is 0 Å². The summed E-state index contributed by atoms with van der Waals surface area (Å²) in [4.78, 5) is 11.1. The number of thioether (sulfide) groups is 1. The van der Waals surface area contributed by atoms with Crippen LogP contribution in [-0.4, -0.2) is 11.1 Å². The van der Waals surface area contributed by atoms with Crippen molar-refractivity contribution in [1.29, 1.82) is 0 Å². The number of carboxylic acids is 1. The SMILES string of the molecule is O=C(O)c1ccc(F)c(SCc2cc(F)ccc2Br)c1. The molecule has 6 heteroatoms. The van der Waals surface area contributed by atoms with Crippen molar-refractivity contribution in [1.82, 2.24) is 0 Å². The summed E-state index contributed by atoms with van der Waals surface area (Å²) in [5.74, 6) is -1.65. The van der Waals surface area contributed by atoms with E-state index in [1.54, 1.807) is 6.07 Å². The molecule has 2 aromatic rings. The van der Waals surface area contributed by atoms with Crippen molar-refractivity contribution in [2.75, 3.05) is 0 Å². The number of hydrogen-bond acceptors (Lipinski definition) is 2. The van der Waals surface area contributed by atoms with E-state index in [1.165, 1.54) is 24.3 Å². The maximum atomic E-state index is 13.6. The van der Waals surface area contributed by atoms with Gasteiger partial charge in [0.05, 0.1) is 5.56 Å². The molecule has 2 nitrogen and oxygen atoms in total. The summed E-state index contributed by atoms with van der Waals surface area (Å²) >= 11 is 4.41. The molecule has 2 rings (SSSR count). The number of halogens is 3. The zero-order chi connectivity index (χ0) is 14.7. The third kappa shape index (κ3) is 3.58. The Morgan fingerprint density at radius 3 is 2.65 bits per heavy atom. The summed E-state index contributed by atoms with van der Waals surface area (Å²) < 4.78 is 27.5. The van der Waals surface area contributed by atoms with Gasteiger partial charge in [0.1, 0.15) is 11.6 Å². The molecule has 0 fully saturated rings. The van der Waals surface area contributed by atoms with Gasteiger partial charge in [-0.25, -0.2) is 13.6 Å². The normalized spacial score (nSPS) is 10.6. The molecule has 1 N–H and O–H groups in total. The molecule has 0 aliphatic rings. The first-order valence-corrected chi connectivity index (χ1v) is 7.35. The fourth-order valence-corrected chi connectivity index (χ4v) is 3.09. The average molecular weight is 359 g/mol. The molecule has 104 valence electrons. The van der Waals surface area contributed by atoms with Crippen LogP contribution in [0.5, 0.6) is 0 Å². The predicted octanol–water partition coefficient (Wildman–Crippen LogP) is 4.72. The van der Waals surface area contributed by atoms with Crippen LogP contribution in [0.25, 0.3) is 0 Å². The molecule has 0 spiro atoms. The van der Waals surface area contributed by atoms with E-state index in [9.17, 15) is 13.6 Å². The molecule has 0 heterocycles. The fraction of sp³-hybridized carbons (Fsp3) is 0.0714. The Bertz CT molecular complexity index is 662. The van der Waals surface area contributed by atoms with Gasteiger partial charge in [-0.15, -0.1) is 11.8 Å². The highest BCUT2D eigenvalue weighted by Gasteiger charge is 2.10. The van der Waals surface area contributed by atoms with Gasteiger partial charge >= 0.3 is 5.97 Å². The van der Waals surface area contributed by atoms with E-state index >= 15 is 0 Å². The van der Waals surface area contributed by atoms with Gasteiger partial charge in [-0.1, -0.05) is 15.9 Å². The van der Waals surface area contributed by atoms with Crippen LogP contribution in [-0.2, 0) is 5.75 Å². The molecular formula is C14H9BrF2O2S. The summed E-state index contributed by atoms with van der Waals surface area (Å²) in [7, 11) is 0. The molecule has 0 aliphatic carbocycles. The highest BCUT2D eigenvalue weighted by Crippen LogP contribution is 2.29. The van der Waals surface area contributed by atoms with Crippen molar-refractivity contribution in [3.63, 3.8) is 0 Å². The van der Waals surface area contributed by atoms with Gasteiger partial charge < -0.3 is 5.11 Å². The maximum Gasteiger partial charge on any atom is 0.335 e. The van der Waals surface area contributed by atoms with Crippen LogP contribution >= 0.6 is 27.7 Å². The first-order valence-electron chi connectivity index (χ1n) is 5.57. The second-order valence-corrected chi connectivity index (χ2v) is 5.85. The van der Waals surface area contributed by atoms with Crippen LogP contribution < -0.4 is 0 Å². The molecule has 0 unspecified atom stereocenters. The lowest BCUT2D eigenvalue weighted by Crippen LogP contribution is -1.97. The highest BCUT2D eigenvalue weighted by molar-refractivity contribution is 9.10. The smallest absolute Gasteiger partial charge is 0.335 e. The third-order valence-electron chi connectivity index (χ3n) is 2.57. The van der Waals surface area contributed by atoms with Crippen LogP contribution in [0.1, 0.15) is 15.9 Å². The molecule has 0 aliphatic heterocycles. The van der Waals surface area contributed by atoms with Gasteiger partial charge in [0.15, 0.2) is 0 Å². The van der Waals surface area contributed by atoms with Crippen molar-refractivity contribution in [2.24, 2.45) is 0 Å². The van der Waals surface area contributed by atoms with E-state index in [1.807, 2.05) is 0 Å². The van der Waals surface area contributed by atoms with Gasteiger partial charge in [0, 0.05) is 15.1 Å². The summed E-state index contributed by atoms with van der Waals surface area (Å²) in [5, 5.41) is 8.88. The Labute approximate surface area is 126 Å². The standard InChI is InChI=1S/C14H9BrF2O2S/c15-11-3-2-10(16)5-9(11)7-20-13-6-8(14(18)19)1-4-12(13)17/h1-6H,7H2,(H,18,19). The minimum Gasteiger partial charge on any atom is -0.478 e. The lowest BCUT2D eigenvalue weighted by atomic mass is 10.2. The maximum absolute atomic E-state index is 13.6. The molecule has 20 heavy (non-hydrogen) atoms. The van der Waals surface area contributed by atoms with Crippen molar-refractivity contribution in [3.8, 4) is 0 Å². The Hall–Kier alpha value is -1.40. The van der Waals surface area contributed by atoms with Crippen LogP contribution in [0, 0.1) is 11.6 Å². The Morgan fingerprint density at radius 1 is 1.20 bits per heavy atom. The average Bonchev–Trinajstić information content (AvgIpc) is 2.41. The van der Waals surface area contributed by atoms with Gasteiger partial charge in [0.25, 0.3) is 0 Å². The number of carboxylic acid groups (broad SMARTS) is 1. The molecule has 2 aromatic carbocycles. The Balaban J connectivity index is 2.20. The van der Waals surface area contributed by atoms with Crippen LogP contribution in [0.4, 0.5) is 8.78 Å². The van der Waals surface area contributed by atoms with Gasteiger partial charge in [-0.2, -0.15) is 0 Å². The molecular weight excluding hydrogens is 350 g/mol. The summed E-state index contributed by atoms with van der Waals surface area (Å²) in [6, 6.07) is 7.86. The highest BCUT2D eigenvalue weighted by atomic mass is 79.9. The van der Waals surface area contributed by atoms with Gasteiger partial charge in [-0.05, 0) is 42.0 Å². The monoisotopic (exact) mass is 358 g/mol. The number of rotatable bonds is 4. The number of hydrogen-bond donors (Lipinski definition) is 1. The Kier molecular flexibility index (Phi) is 4.77. The first-order chi connectivity index (χ1) is 9.47. The molecule has 0 saturated carbocycles. The lowest BCUT2D eigenvalue weighted by Gasteiger charge is -2.07. The van der Waals surface area contributed by atoms with Crippen molar-refractivity contribution < 1.29 is 18.7 Å². The van der Waals surface area contributed by atoms with Crippen LogP contribution in [0.15, 0.2) is 45.8 Å². The summed E-state index contributed by atoms with van der Waals surface area (Å²) in [6.07, 6.45) is 0. The minimum atomic E-state index is -1.11. The Morgan fingerprint density at radius 2 is 1.95 bits per heavy atom. The molecule has 0 atom stereocenters. The van der Waals surface area contributed by atoms with Gasteiger partial charge in [-0.3, -0.25) is 0 Å². The molecule has 0 amide bonds. The topological polar surface area (TPSA) is 37.3 Å². The van der Waals surface area contributed by atoms with Crippen molar-refractivity contribution in [3.05, 3.63) is 63.6 Å². The summed E-state index contributed by atoms with van der Waals surface area (Å²) in [5.41, 5.74) is 0.697. The van der Waals surface area contributed by atoms with Crippen molar-refractivity contribution in [2.45, 2.75) is 10.6 Å². The zero-order valence-electron chi connectivity index (χ0n) is 10.1. The van der Waals surface area contributed by atoms with Crippen LogP contribution in [0.3, 0.4) is 0 Å². The van der Waals surface area contributed by atoms with E-state index < -0.39 is 11.8 Å². The molecule has 0 bridgehead atoms. The number of benzene rings is 2. The summed E-state index contributed by atoms with van der Waals surface area (Å²) in [6.45, 7) is 0. The molecule has 0 radical (unpaired) electrons. The van der Waals surface area contributed by atoms with E-state index in [0.29, 0.717) is 11.3 Å². The second-order valence-electron chi connectivity index (χ2n) is 3.97. The second kappa shape index (κ2) is 6.37.